The van der Waals surface area contributed by atoms with E-state index in [1.807, 2.05) is 24.3 Å². The van der Waals surface area contributed by atoms with Gasteiger partial charge in [0.05, 0.1) is 5.56 Å². The van der Waals surface area contributed by atoms with Crippen LogP contribution in [0.15, 0.2) is 30.3 Å². The van der Waals surface area contributed by atoms with Gasteiger partial charge in [-0.3, -0.25) is 0 Å². The van der Waals surface area contributed by atoms with E-state index in [0.717, 1.165) is 22.3 Å². The second kappa shape index (κ2) is 5.24. The van der Waals surface area contributed by atoms with Crippen LogP contribution < -0.4 is 0 Å². The Morgan fingerprint density at radius 1 is 0.895 bits per heavy atom. The van der Waals surface area contributed by atoms with E-state index in [-0.39, 0.29) is 0 Å². The lowest BCUT2D eigenvalue weighted by atomic mass is 9.96. The summed E-state index contributed by atoms with van der Waals surface area (Å²) in [6.07, 6.45) is 0. The first-order chi connectivity index (χ1) is 8.88. The van der Waals surface area contributed by atoms with Crippen molar-refractivity contribution in [2.45, 2.75) is 13.8 Å². The van der Waals surface area contributed by atoms with Crippen LogP contribution in [-0.2, 0) is 0 Å². The Bertz CT molecular complexity index is 620. The zero-order valence-electron chi connectivity index (χ0n) is 10.5. The van der Waals surface area contributed by atoms with Crippen LogP contribution in [0.4, 0.5) is 0 Å². The summed E-state index contributed by atoms with van der Waals surface area (Å²) in [4.78, 5) is 11.2. The number of carbonyl (C=O) groups is 1. The molecule has 2 aromatic rings. The first kappa shape index (κ1) is 13.9. The Kier molecular flexibility index (Phi) is 3.83. The maximum Gasteiger partial charge on any atom is 0.336 e. The molecule has 0 fully saturated rings. The molecular weight excluding hydrogens is 283 g/mol. The van der Waals surface area contributed by atoms with Crippen LogP contribution in [0.5, 0.6) is 0 Å². The van der Waals surface area contributed by atoms with Crippen molar-refractivity contribution in [3.05, 3.63) is 57.1 Å². The lowest BCUT2D eigenvalue weighted by molar-refractivity contribution is 0.0695. The molecule has 0 saturated heterocycles. The van der Waals surface area contributed by atoms with Crippen molar-refractivity contribution in [1.29, 1.82) is 0 Å². The molecule has 0 aliphatic rings. The third-order valence-electron chi connectivity index (χ3n) is 2.94. The number of hydrogen-bond acceptors (Lipinski definition) is 1. The molecule has 0 heterocycles. The SMILES string of the molecule is Cc1cc(-c2cc(Cl)cc(Cl)c2)cc(C)c1C(=O)O. The summed E-state index contributed by atoms with van der Waals surface area (Å²) in [5, 5.41) is 10.3. The third-order valence-corrected chi connectivity index (χ3v) is 3.38. The number of benzene rings is 2. The third kappa shape index (κ3) is 2.91. The zero-order chi connectivity index (χ0) is 14.2. The summed E-state index contributed by atoms with van der Waals surface area (Å²) in [5.41, 5.74) is 3.57. The Morgan fingerprint density at radius 3 is 1.74 bits per heavy atom. The van der Waals surface area contributed by atoms with Crippen molar-refractivity contribution in [2.75, 3.05) is 0 Å². The molecule has 0 radical (unpaired) electrons. The predicted octanol–water partition coefficient (Wildman–Crippen LogP) is 4.98. The molecule has 2 nitrogen and oxygen atoms in total. The Balaban J connectivity index is 2.61. The fourth-order valence-electron chi connectivity index (χ4n) is 2.19. The monoisotopic (exact) mass is 294 g/mol. The molecule has 4 heteroatoms. The van der Waals surface area contributed by atoms with Crippen molar-refractivity contribution in [3.8, 4) is 11.1 Å². The van der Waals surface area contributed by atoms with Crippen molar-refractivity contribution in [3.63, 3.8) is 0 Å². The standard InChI is InChI=1S/C15H12Cl2O2/c1-8-3-10(4-9(2)14(8)15(18)19)11-5-12(16)7-13(17)6-11/h3-7H,1-2H3,(H,18,19). The highest BCUT2D eigenvalue weighted by molar-refractivity contribution is 6.35. The predicted molar refractivity (Wildman–Crippen MR) is 78.3 cm³/mol. The lowest BCUT2D eigenvalue weighted by Crippen LogP contribution is -2.03. The van der Waals surface area contributed by atoms with Crippen LogP contribution in [0.1, 0.15) is 21.5 Å². The van der Waals surface area contributed by atoms with Crippen LogP contribution >= 0.6 is 23.2 Å². The topological polar surface area (TPSA) is 37.3 Å². The van der Waals surface area contributed by atoms with Crippen LogP contribution in [-0.4, -0.2) is 11.1 Å². The van der Waals surface area contributed by atoms with Gasteiger partial charge in [0.25, 0.3) is 0 Å². The molecule has 0 aliphatic heterocycles. The molecule has 0 unspecified atom stereocenters. The normalized spacial score (nSPS) is 10.5. The molecule has 0 aromatic heterocycles. The second-order valence-corrected chi connectivity index (χ2v) is 5.32. The average Bonchev–Trinajstić information content (AvgIpc) is 2.25. The molecule has 2 rings (SSSR count). The first-order valence-corrected chi connectivity index (χ1v) is 6.45. The molecule has 98 valence electrons. The van der Waals surface area contributed by atoms with Gasteiger partial charge in [-0.1, -0.05) is 35.3 Å². The number of halogens is 2. The van der Waals surface area contributed by atoms with E-state index in [0.29, 0.717) is 15.6 Å². The van der Waals surface area contributed by atoms with Crippen molar-refractivity contribution in [1.82, 2.24) is 0 Å². The van der Waals surface area contributed by atoms with Gasteiger partial charge in [0.2, 0.25) is 0 Å². The van der Waals surface area contributed by atoms with Gasteiger partial charge in [0, 0.05) is 10.0 Å². The molecule has 0 spiro atoms. The molecule has 0 saturated carbocycles. The van der Waals surface area contributed by atoms with Gasteiger partial charge >= 0.3 is 5.97 Å². The van der Waals surface area contributed by atoms with Gasteiger partial charge < -0.3 is 5.11 Å². The Hall–Kier alpha value is -1.51. The van der Waals surface area contributed by atoms with E-state index in [1.165, 1.54) is 0 Å². The second-order valence-electron chi connectivity index (χ2n) is 4.45. The summed E-state index contributed by atoms with van der Waals surface area (Å²) in [7, 11) is 0. The van der Waals surface area contributed by atoms with Gasteiger partial charge in [0.1, 0.15) is 0 Å². The summed E-state index contributed by atoms with van der Waals surface area (Å²) < 4.78 is 0. The molecule has 0 bridgehead atoms. The number of aromatic carboxylic acids is 1. The maximum absolute atomic E-state index is 11.2. The van der Waals surface area contributed by atoms with Crippen LogP contribution in [0.25, 0.3) is 11.1 Å². The lowest BCUT2D eigenvalue weighted by Gasteiger charge is -2.10. The maximum atomic E-state index is 11.2. The van der Waals surface area contributed by atoms with E-state index >= 15 is 0 Å². The number of carboxylic acids is 1. The molecule has 19 heavy (non-hydrogen) atoms. The van der Waals surface area contributed by atoms with Crippen molar-refractivity contribution < 1.29 is 9.90 Å². The number of aryl methyl sites for hydroxylation is 2. The Morgan fingerprint density at radius 2 is 1.32 bits per heavy atom. The minimum atomic E-state index is -0.911. The van der Waals surface area contributed by atoms with Crippen LogP contribution in [0.2, 0.25) is 10.0 Å². The van der Waals surface area contributed by atoms with Gasteiger partial charge in [-0.05, 0) is 54.3 Å². The fraction of sp³-hybridized carbons (Fsp3) is 0.133. The van der Waals surface area contributed by atoms with Crippen LogP contribution in [0.3, 0.4) is 0 Å². The van der Waals surface area contributed by atoms with E-state index in [4.69, 9.17) is 28.3 Å². The highest BCUT2D eigenvalue weighted by Gasteiger charge is 2.13. The quantitative estimate of drug-likeness (QED) is 0.848. The minimum absolute atomic E-state index is 0.344. The fourth-order valence-corrected chi connectivity index (χ4v) is 2.71. The molecule has 1 N–H and O–H groups in total. The number of hydrogen-bond donors (Lipinski definition) is 1. The van der Waals surface area contributed by atoms with Gasteiger partial charge in [-0.15, -0.1) is 0 Å². The highest BCUT2D eigenvalue weighted by Crippen LogP contribution is 2.30. The van der Waals surface area contributed by atoms with Crippen molar-refractivity contribution in [2.24, 2.45) is 0 Å². The summed E-state index contributed by atoms with van der Waals surface area (Å²) in [5.74, 6) is -0.911. The van der Waals surface area contributed by atoms with Crippen LogP contribution in [0, 0.1) is 13.8 Å². The number of carboxylic acid groups (broad SMARTS) is 1. The first-order valence-electron chi connectivity index (χ1n) is 5.69. The summed E-state index contributed by atoms with van der Waals surface area (Å²) in [6.45, 7) is 3.57. The zero-order valence-corrected chi connectivity index (χ0v) is 12.0. The molecule has 2 aromatic carbocycles. The minimum Gasteiger partial charge on any atom is -0.478 e. The van der Waals surface area contributed by atoms with E-state index < -0.39 is 5.97 Å². The van der Waals surface area contributed by atoms with Crippen molar-refractivity contribution >= 4 is 29.2 Å². The average molecular weight is 295 g/mol. The van der Waals surface area contributed by atoms with Gasteiger partial charge in [0.15, 0.2) is 0 Å². The molecular formula is C15H12Cl2O2. The van der Waals surface area contributed by atoms with E-state index in [1.54, 1.807) is 19.9 Å². The number of rotatable bonds is 2. The largest absolute Gasteiger partial charge is 0.478 e. The van der Waals surface area contributed by atoms with Gasteiger partial charge in [-0.25, -0.2) is 4.79 Å². The van der Waals surface area contributed by atoms with E-state index in [9.17, 15) is 4.79 Å². The summed E-state index contributed by atoms with van der Waals surface area (Å²) >= 11 is 12.0. The highest BCUT2D eigenvalue weighted by atomic mass is 35.5. The molecule has 0 atom stereocenters. The molecule has 0 aliphatic carbocycles. The smallest absolute Gasteiger partial charge is 0.336 e. The molecule has 0 amide bonds. The summed E-state index contributed by atoms with van der Waals surface area (Å²) in [6, 6.07) is 8.94. The van der Waals surface area contributed by atoms with E-state index in [2.05, 4.69) is 0 Å². The van der Waals surface area contributed by atoms with Gasteiger partial charge in [-0.2, -0.15) is 0 Å². The Labute approximate surface area is 121 Å².